The fourth-order valence-corrected chi connectivity index (χ4v) is 3.38. The molecule has 0 aliphatic rings. The summed E-state index contributed by atoms with van der Waals surface area (Å²) in [7, 11) is 0. The molecule has 4 nitrogen and oxygen atoms in total. The molecule has 144 valence electrons. The molecule has 0 fully saturated rings. The van der Waals surface area contributed by atoms with E-state index in [2.05, 4.69) is 10.6 Å². The molecule has 0 atom stereocenters. The Morgan fingerprint density at radius 3 is 2.37 bits per heavy atom. The summed E-state index contributed by atoms with van der Waals surface area (Å²) in [5, 5.41) is 5.68. The molecule has 0 aliphatic heterocycles. The Hall–Kier alpha value is -2.34. The number of nitrogens with one attached hydrogen (secondary N) is 2. The number of anilines is 2. The monoisotopic (exact) mass is 388 g/mol. The average Bonchev–Trinajstić information content (AvgIpc) is 2.61. The molecular weight excluding hydrogens is 363 g/mol. The van der Waals surface area contributed by atoms with E-state index in [0.717, 1.165) is 22.4 Å². The van der Waals surface area contributed by atoms with Gasteiger partial charge in [-0.25, -0.2) is 4.39 Å². The van der Waals surface area contributed by atoms with Gasteiger partial charge < -0.3 is 10.6 Å². The van der Waals surface area contributed by atoms with Crippen molar-refractivity contribution in [3.63, 3.8) is 0 Å². The van der Waals surface area contributed by atoms with E-state index in [1.165, 1.54) is 23.9 Å². The molecule has 2 aromatic carbocycles. The van der Waals surface area contributed by atoms with Crippen molar-refractivity contribution in [2.24, 2.45) is 0 Å². The molecule has 27 heavy (non-hydrogen) atoms. The predicted octanol–water partition coefficient (Wildman–Crippen LogP) is 4.84. The van der Waals surface area contributed by atoms with Crippen LogP contribution >= 0.6 is 11.8 Å². The molecule has 2 amide bonds. The number of hydrogen-bond donors (Lipinski definition) is 2. The van der Waals surface area contributed by atoms with Gasteiger partial charge in [0.2, 0.25) is 11.8 Å². The van der Waals surface area contributed by atoms with Crippen LogP contribution in [0.1, 0.15) is 29.5 Å². The van der Waals surface area contributed by atoms with Crippen LogP contribution in [-0.4, -0.2) is 23.3 Å². The number of para-hydroxylation sites is 1. The van der Waals surface area contributed by atoms with Crippen LogP contribution in [0.4, 0.5) is 15.8 Å². The number of rotatable bonds is 8. The van der Waals surface area contributed by atoms with Gasteiger partial charge in [0.05, 0.1) is 5.75 Å². The minimum atomic E-state index is -0.376. The zero-order valence-corrected chi connectivity index (χ0v) is 16.7. The number of halogens is 1. The lowest BCUT2D eigenvalue weighted by molar-refractivity contribution is -0.116. The maximum Gasteiger partial charge on any atom is 0.234 e. The highest BCUT2D eigenvalue weighted by Gasteiger charge is 2.09. The number of hydrogen-bond acceptors (Lipinski definition) is 3. The summed E-state index contributed by atoms with van der Waals surface area (Å²) in [5.41, 5.74) is 4.27. The molecule has 0 bridgehead atoms. The zero-order valence-electron chi connectivity index (χ0n) is 15.9. The van der Waals surface area contributed by atoms with E-state index in [1.54, 1.807) is 6.07 Å². The third-order valence-electron chi connectivity index (χ3n) is 4.14. The fraction of sp³-hybridized carbons (Fsp3) is 0.333. The van der Waals surface area contributed by atoms with Gasteiger partial charge in [0, 0.05) is 17.8 Å². The van der Waals surface area contributed by atoms with E-state index < -0.39 is 0 Å². The first-order valence-electron chi connectivity index (χ1n) is 8.86. The van der Waals surface area contributed by atoms with Gasteiger partial charge in [-0.3, -0.25) is 9.59 Å². The summed E-state index contributed by atoms with van der Waals surface area (Å²) in [6, 6.07) is 10.2. The van der Waals surface area contributed by atoms with Crippen molar-refractivity contribution in [2.75, 3.05) is 22.1 Å². The average molecular weight is 389 g/mol. The second-order valence-electron chi connectivity index (χ2n) is 6.48. The summed E-state index contributed by atoms with van der Waals surface area (Å²) in [5.74, 6) is 0.407. The summed E-state index contributed by atoms with van der Waals surface area (Å²) < 4.78 is 13.2. The minimum Gasteiger partial charge on any atom is -0.326 e. The number of amides is 2. The van der Waals surface area contributed by atoms with E-state index in [4.69, 9.17) is 0 Å². The van der Waals surface area contributed by atoms with Gasteiger partial charge >= 0.3 is 0 Å². The Morgan fingerprint density at radius 1 is 0.963 bits per heavy atom. The largest absolute Gasteiger partial charge is 0.326 e. The van der Waals surface area contributed by atoms with Crippen molar-refractivity contribution in [1.82, 2.24) is 0 Å². The Morgan fingerprint density at radius 2 is 1.67 bits per heavy atom. The molecule has 0 spiro atoms. The van der Waals surface area contributed by atoms with Gasteiger partial charge in [-0.05, 0) is 61.8 Å². The Kier molecular flexibility index (Phi) is 7.85. The minimum absolute atomic E-state index is 0.0205. The molecule has 2 aromatic rings. The number of thioether (sulfide) groups is 1. The lowest BCUT2D eigenvalue weighted by Crippen LogP contribution is -2.16. The maximum absolute atomic E-state index is 13.2. The summed E-state index contributed by atoms with van der Waals surface area (Å²) >= 11 is 1.46. The van der Waals surface area contributed by atoms with Gasteiger partial charge in [-0.2, -0.15) is 11.8 Å². The van der Waals surface area contributed by atoms with Crippen LogP contribution in [0.5, 0.6) is 0 Å². The molecule has 2 rings (SSSR count). The number of aryl methyl sites for hydroxylation is 3. The molecule has 2 N–H and O–H groups in total. The highest BCUT2D eigenvalue weighted by atomic mass is 32.2. The van der Waals surface area contributed by atoms with Gasteiger partial charge in [0.25, 0.3) is 0 Å². The van der Waals surface area contributed by atoms with E-state index in [-0.39, 0.29) is 23.4 Å². The van der Waals surface area contributed by atoms with Crippen LogP contribution in [0.15, 0.2) is 36.4 Å². The van der Waals surface area contributed by atoms with Crippen LogP contribution in [0.25, 0.3) is 0 Å². The lowest BCUT2D eigenvalue weighted by atomic mass is 10.1. The number of benzene rings is 2. The van der Waals surface area contributed by atoms with E-state index in [1.807, 2.05) is 39.0 Å². The third kappa shape index (κ3) is 6.71. The molecule has 0 saturated heterocycles. The van der Waals surface area contributed by atoms with Gasteiger partial charge in [-0.15, -0.1) is 0 Å². The van der Waals surface area contributed by atoms with Gasteiger partial charge in [0.15, 0.2) is 0 Å². The normalized spacial score (nSPS) is 10.5. The lowest BCUT2D eigenvalue weighted by Gasteiger charge is -2.11. The second-order valence-corrected chi connectivity index (χ2v) is 7.58. The second kappa shape index (κ2) is 10.1. The first-order valence-corrected chi connectivity index (χ1v) is 10.0. The van der Waals surface area contributed by atoms with Crippen LogP contribution in [0.3, 0.4) is 0 Å². The predicted molar refractivity (Wildman–Crippen MR) is 111 cm³/mol. The fourth-order valence-electron chi connectivity index (χ4n) is 2.63. The smallest absolute Gasteiger partial charge is 0.234 e. The number of carbonyl (C=O) groups excluding carboxylic acids is 2. The standard InChI is InChI=1S/C21H25FN2O2S/c1-14-9-10-17(22)12-18(14)23-20(26)13-27-11-5-8-19(25)24-21-15(2)6-4-7-16(21)3/h4,6-7,9-10,12H,5,8,11,13H2,1-3H3,(H,23,26)(H,24,25). The van der Waals surface area contributed by atoms with Crippen molar-refractivity contribution in [2.45, 2.75) is 33.6 Å². The van der Waals surface area contributed by atoms with Crippen LogP contribution in [-0.2, 0) is 9.59 Å². The molecular formula is C21H25FN2O2S. The first kappa shape index (κ1) is 21.0. The van der Waals surface area contributed by atoms with Crippen molar-refractivity contribution in [3.8, 4) is 0 Å². The summed E-state index contributed by atoms with van der Waals surface area (Å²) in [6.07, 6.45) is 1.10. The quantitative estimate of drug-likeness (QED) is 0.636. The van der Waals surface area contributed by atoms with E-state index >= 15 is 0 Å². The summed E-state index contributed by atoms with van der Waals surface area (Å²) in [6.45, 7) is 5.76. The molecule has 6 heteroatoms. The van der Waals surface area contributed by atoms with E-state index in [0.29, 0.717) is 24.3 Å². The Balaban J connectivity index is 1.67. The highest BCUT2D eigenvalue weighted by Crippen LogP contribution is 2.20. The van der Waals surface area contributed by atoms with Crippen LogP contribution in [0, 0.1) is 26.6 Å². The SMILES string of the molecule is Cc1ccc(F)cc1NC(=O)CSCCCC(=O)Nc1c(C)cccc1C. The van der Waals surface area contributed by atoms with Crippen molar-refractivity contribution in [3.05, 3.63) is 58.9 Å². The maximum atomic E-state index is 13.2. The Labute approximate surface area is 163 Å². The van der Waals surface area contributed by atoms with Crippen molar-refractivity contribution in [1.29, 1.82) is 0 Å². The topological polar surface area (TPSA) is 58.2 Å². The molecule has 0 heterocycles. The molecule has 0 radical (unpaired) electrons. The molecule has 0 unspecified atom stereocenters. The summed E-state index contributed by atoms with van der Waals surface area (Å²) in [4.78, 5) is 24.0. The van der Waals surface area contributed by atoms with Crippen LogP contribution < -0.4 is 10.6 Å². The van der Waals surface area contributed by atoms with Crippen molar-refractivity contribution < 1.29 is 14.0 Å². The molecule has 0 aromatic heterocycles. The highest BCUT2D eigenvalue weighted by molar-refractivity contribution is 7.99. The molecule has 0 saturated carbocycles. The van der Waals surface area contributed by atoms with Gasteiger partial charge in [-0.1, -0.05) is 24.3 Å². The van der Waals surface area contributed by atoms with Crippen molar-refractivity contribution >= 4 is 35.0 Å². The van der Waals surface area contributed by atoms with E-state index in [9.17, 15) is 14.0 Å². The van der Waals surface area contributed by atoms with Crippen LogP contribution in [0.2, 0.25) is 0 Å². The zero-order chi connectivity index (χ0) is 19.8. The Bertz CT molecular complexity index is 804. The molecule has 0 aliphatic carbocycles. The number of carbonyl (C=O) groups is 2. The van der Waals surface area contributed by atoms with Gasteiger partial charge in [0.1, 0.15) is 5.82 Å². The third-order valence-corrected chi connectivity index (χ3v) is 5.19. The first-order chi connectivity index (χ1) is 12.9.